The van der Waals surface area contributed by atoms with Crippen molar-refractivity contribution in [1.29, 1.82) is 5.26 Å². The van der Waals surface area contributed by atoms with Crippen LogP contribution in [0, 0.1) is 11.3 Å². The fraction of sp³-hybridized carbons (Fsp3) is 0.316. The molecular weight excluding hydrogens is 397 g/mol. The highest BCUT2D eigenvalue weighted by molar-refractivity contribution is 14.1. The zero-order valence-electron chi connectivity index (χ0n) is 13.1. The lowest BCUT2D eigenvalue weighted by Gasteiger charge is -2.30. The summed E-state index contributed by atoms with van der Waals surface area (Å²) in [4.78, 5) is 0. The summed E-state index contributed by atoms with van der Waals surface area (Å²) in [6.45, 7) is 0.650. The van der Waals surface area contributed by atoms with E-state index in [9.17, 15) is 0 Å². The second-order valence-corrected chi connectivity index (χ2v) is 7.72. The highest BCUT2D eigenvalue weighted by Gasteiger charge is 2.24. The Hall–Kier alpha value is -1.58. The summed E-state index contributed by atoms with van der Waals surface area (Å²) in [5, 5.41) is 12.5. The van der Waals surface area contributed by atoms with Crippen LogP contribution in [0.25, 0.3) is 0 Å². The number of hydrogen-bond donors (Lipinski definition) is 2. The van der Waals surface area contributed by atoms with Crippen LogP contribution in [0.3, 0.4) is 0 Å². The topological polar surface area (TPSA) is 61.8 Å². The number of rotatable bonds is 8. The third-order valence-corrected chi connectivity index (χ3v) is 5.15. The van der Waals surface area contributed by atoms with E-state index >= 15 is 0 Å². The van der Waals surface area contributed by atoms with Crippen molar-refractivity contribution in [3.63, 3.8) is 0 Å². The van der Waals surface area contributed by atoms with Gasteiger partial charge in [-0.1, -0.05) is 52.9 Å². The predicted molar refractivity (Wildman–Crippen MR) is 105 cm³/mol. The summed E-state index contributed by atoms with van der Waals surface area (Å²) >= 11 is 2.48. The van der Waals surface area contributed by atoms with E-state index in [1.165, 1.54) is 5.56 Å². The predicted octanol–water partition coefficient (Wildman–Crippen LogP) is 4.47. The molecule has 0 fully saturated rings. The Bertz CT molecular complexity index is 634. The van der Waals surface area contributed by atoms with Gasteiger partial charge in [-0.05, 0) is 62.1 Å². The van der Waals surface area contributed by atoms with Gasteiger partial charge in [-0.15, -0.1) is 0 Å². The SMILES string of the molecule is N#Cc1ccc(NC(I)(CCN)CCCc2ccccc2)cc1. The van der Waals surface area contributed by atoms with Gasteiger partial charge in [-0.25, -0.2) is 0 Å². The third kappa shape index (κ3) is 5.85. The van der Waals surface area contributed by atoms with Crippen LogP contribution in [0.1, 0.15) is 30.4 Å². The highest BCUT2D eigenvalue weighted by Crippen LogP contribution is 2.31. The molecule has 0 amide bonds. The van der Waals surface area contributed by atoms with Gasteiger partial charge in [0.1, 0.15) is 0 Å². The van der Waals surface area contributed by atoms with Gasteiger partial charge in [0.05, 0.1) is 15.2 Å². The van der Waals surface area contributed by atoms with Crippen LogP contribution in [-0.4, -0.2) is 10.1 Å². The number of nitrogens with two attached hydrogens (primary N) is 1. The zero-order valence-corrected chi connectivity index (χ0v) is 15.3. The molecule has 1 unspecified atom stereocenters. The minimum Gasteiger partial charge on any atom is -0.371 e. The quantitative estimate of drug-likeness (QED) is 0.377. The van der Waals surface area contributed by atoms with E-state index in [2.05, 4.69) is 58.2 Å². The van der Waals surface area contributed by atoms with Crippen molar-refractivity contribution in [1.82, 2.24) is 0 Å². The van der Waals surface area contributed by atoms with E-state index in [0.29, 0.717) is 12.1 Å². The normalized spacial score (nSPS) is 13.1. The largest absolute Gasteiger partial charge is 0.371 e. The number of nitriles is 1. The van der Waals surface area contributed by atoms with Crippen LogP contribution in [0.15, 0.2) is 54.6 Å². The van der Waals surface area contributed by atoms with Crippen LogP contribution in [0.5, 0.6) is 0 Å². The molecule has 23 heavy (non-hydrogen) atoms. The van der Waals surface area contributed by atoms with Crippen LogP contribution in [0.2, 0.25) is 0 Å². The summed E-state index contributed by atoms with van der Waals surface area (Å²) in [5.41, 5.74) is 8.89. The standard InChI is InChI=1S/C19H22IN3/c20-19(13-14-21,12-4-7-16-5-2-1-3-6-16)23-18-10-8-17(15-22)9-11-18/h1-3,5-6,8-11,23H,4,7,12-14,21H2. The molecule has 0 bridgehead atoms. The summed E-state index contributed by atoms with van der Waals surface area (Å²) < 4.78 is -0.0601. The van der Waals surface area contributed by atoms with Crippen molar-refractivity contribution in [2.45, 2.75) is 29.2 Å². The third-order valence-electron chi connectivity index (χ3n) is 3.80. The van der Waals surface area contributed by atoms with Crippen molar-refractivity contribution in [2.24, 2.45) is 5.73 Å². The number of hydrogen-bond acceptors (Lipinski definition) is 3. The first-order valence-corrected chi connectivity index (χ1v) is 8.94. The van der Waals surface area contributed by atoms with E-state index < -0.39 is 0 Å². The first-order chi connectivity index (χ1) is 11.1. The Balaban J connectivity index is 1.95. The summed E-state index contributed by atoms with van der Waals surface area (Å²) in [6, 6.07) is 20.3. The molecule has 4 heteroatoms. The van der Waals surface area contributed by atoms with Gasteiger partial charge < -0.3 is 11.1 Å². The van der Waals surface area contributed by atoms with Crippen LogP contribution < -0.4 is 11.1 Å². The Morgan fingerprint density at radius 1 is 1.04 bits per heavy atom. The molecule has 0 aliphatic heterocycles. The Kier molecular flexibility index (Phi) is 6.87. The molecule has 0 saturated heterocycles. The number of halogens is 1. The Morgan fingerprint density at radius 3 is 2.35 bits per heavy atom. The second kappa shape index (κ2) is 8.90. The average Bonchev–Trinajstić information content (AvgIpc) is 2.57. The van der Waals surface area contributed by atoms with E-state index in [1.54, 1.807) is 0 Å². The maximum absolute atomic E-state index is 8.88. The van der Waals surface area contributed by atoms with Gasteiger partial charge >= 0.3 is 0 Å². The van der Waals surface area contributed by atoms with Gasteiger partial charge in [0.25, 0.3) is 0 Å². The van der Waals surface area contributed by atoms with Crippen molar-refractivity contribution >= 4 is 28.3 Å². The van der Waals surface area contributed by atoms with Crippen LogP contribution in [0.4, 0.5) is 5.69 Å². The molecule has 2 aromatic rings. The van der Waals surface area contributed by atoms with E-state index in [-0.39, 0.29) is 3.55 Å². The smallest absolute Gasteiger partial charge is 0.0991 e. The lowest BCUT2D eigenvalue weighted by Crippen LogP contribution is -2.33. The number of nitrogens with zero attached hydrogens (tertiary/aromatic N) is 1. The van der Waals surface area contributed by atoms with Gasteiger partial charge in [-0.3, -0.25) is 0 Å². The molecule has 0 radical (unpaired) electrons. The van der Waals surface area contributed by atoms with Crippen molar-refractivity contribution < 1.29 is 0 Å². The molecule has 3 N–H and O–H groups in total. The fourth-order valence-electron chi connectivity index (χ4n) is 2.58. The molecule has 0 spiro atoms. The lowest BCUT2D eigenvalue weighted by atomic mass is 10.0. The van der Waals surface area contributed by atoms with Gasteiger partial charge in [0.15, 0.2) is 0 Å². The highest BCUT2D eigenvalue weighted by atomic mass is 127. The zero-order chi connectivity index (χ0) is 16.5. The van der Waals surface area contributed by atoms with E-state index in [4.69, 9.17) is 11.0 Å². The Labute approximate surface area is 152 Å². The first kappa shape index (κ1) is 17.8. The van der Waals surface area contributed by atoms with Gasteiger partial charge in [0.2, 0.25) is 0 Å². The molecular formula is C19H22IN3. The first-order valence-electron chi connectivity index (χ1n) is 7.86. The molecule has 2 aromatic carbocycles. The fourth-order valence-corrected chi connectivity index (χ4v) is 3.59. The molecule has 120 valence electrons. The lowest BCUT2D eigenvalue weighted by molar-refractivity contribution is 0.562. The summed E-state index contributed by atoms with van der Waals surface area (Å²) in [5.74, 6) is 0. The number of nitrogens with one attached hydrogen (secondary N) is 1. The molecule has 0 saturated carbocycles. The molecule has 0 aliphatic rings. The van der Waals surface area contributed by atoms with E-state index in [1.807, 2.05) is 30.3 Å². The molecule has 0 aliphatic carbocycles. The average molecular weight is 419 g/mol. The van der Waals surface area contributed by atoms with Crippen LogP contribution in [-0.2, 0) is 6.42 Å². The molecule has 1 atom stereocenters. The van der Waals surface area contributed by atoms with Gasteiger partial charge in [-0.2, -0.15) is 5.26 Å². The van der Waals surface area contributed by atoms with E-state index in [0.717, 1.165) is 31.4 Å². The number of benzene rings is 2. The van der Waals surface area contributed by atoms with Crippen molar-refractivity contribution in [2.75, 3.05) is 11.9 Å². The molecule has 0 heterocycles. The second-order valence-electron chi connectivity index (χ2n) is 5.66. The van der Waals surface area contributed by atoms with Crippen molar-refractivity contribution in [3.8, 4) is 6.07 Å². The summed E-state index contributed by atoms with van der Waals surface area (Å²) in [7, 11) is 0. The maximum Gasteiger partial charge on any atom is 0.0991 e. The minimum atomic E-state index is -0.0601. The number of alkyl halides is 1. The number of anilines is 1. The number of aryl methyl sites for hydroxylation is 1. The molecule has 2 rings (SSSR count). The van der Waals surface area contributed by atoms with Gasteiger partial charge in [0, 0.05) is 5.69 Å². The molecule has 3 nitrogen and oxygen atoms in total. The monoisotopic (exact) mass is 419 g/mol. The minimum absolute atomic E-state index is 0.0601. The van der Waals surface area contributed by atoms with Crippen molar-refractivity contribution in [3.05, 3.63) is 65.7 Å². The maximum atomic E-state index is 8.88. The molecule has 0 aromatic heterocycles. The summed E-state index contributed by atoms with van der Waals surface area (Å²) in [6.07, 6.45) is 4.13. The van der Waals surface area contributed by atoms with Crippen LogP contribution >= 0.6 is 22.6 Å². The Morgan fingerprint density at radius 2 is 1.74 bits per heavy atom.